The second kappa shape index (κ2) is 11.8. The van der Waals surface area contributed by atoms with Crippen molar-refractivity contribution in [1.29, 1.82) is 0 Å². The number of thiophene rings is 1. The summed E-state index contributed by atoms with van der Waals surface area (Å²) < 4.78 is 5.44. The number of carbonyl (C=O) groups excluding carboxylic acids is 2. The molecule has 2 amide bonds. The Kier molecular flexibility index (Phi) is 8.62. The van der Waals surface area contributed by atoms with Gasteiger partial charge in [-0.25, -0.2) is 0 Å². The Balaban J connectivity index is 1.23. The van der Waals surface area contributed by atoms with Crippen molar-refractivity contribution in [2.75, 3.05) is 46.4 Å². The van der Waals surface area contributed by atoms with Gasteiger partial charge in [-0.15, -0.1) is 11.3 Å². The van der Waals surface area contributed by atoms with Crippen LogP contribution in [0.1, 0.15) is 53.4 Å². The minimum Gasteiger partial charge on any atom is -0.497 e. The summed E-state index contributed by atoms with van der Waals surface area (Å²) in [5.74, 6) is 0.993. The molecule has 1 atom stereocenters. The Hall–Kier alpha value is -2.38. The zero-order valence-electron chi connectivity index (χ0n) is 20.5. The maximum absolute atomic E-state index is 12.6. The first-order chi connectivity index (χ1) is 16.6. The number of unbranched alkanes of at least 4 members (excludes halogenated alkanes) is 1. The van der Waals surface area contributed by atoms with Gasteiger partial charge in [0.05, 0.1) is 12.0 Å². The van der Waals surface area contributed by atoms with Gasteiger partial charge in [0.25, 0.3) is 5.91 Å². The number of nitrogens with zero attached hydrogens (tertiary/aromatic N) is 3. The standard InChI is InChI=1S/C27H37N3O3S/c1-3-12-28(23-10-8-21-9-11-24(33-2)19-22(21)18-23)13-4-5-14-29-15-16-30(20-26(29)31)27(32)25-7-6-17-34-25/h6-7,9,11,17,19,23H,3-5,8,10,12-16,18,20H2,1-2H3. The molecule has 0 radical (unpaired) electrons. The lowest BCUT2D eigenvalue weighted by molar-refractivity contribution is -0.135. The molecule has 0 spiro atoms. The van der Waals surface area contributed by atoms with Crippen molar-refractivity contribution in [1.82, 2.24) is 14.7 Å². The molecule has 1 fully saturated rings. The van der Waals surface area contributed by atoms with E-state index < -0.39 is 0 Å². The first kappa shape index (κ1) is 24.7. The van der Waals surface area contributed by atoms with E-state index in [9.17, 15) is 9.59 Å². The van der Waals surface area contributed by atoms with Crippen molar-refractivity contribution in [3.05, 3.63) is 51.7 Å². The van der Waals surface area contributed by atoms with Gasteiger partial charge in [0.1, 0.15) is 12.3 Å². The molecule has 0 saturated carbocycles. The fraction of sp³-hybridized carbons (Fsp3) is 0.556. The number of ether oxygens (including phenoxy) is 1. The van der Waals surface area contributed by atoms with Gasteiger partial charge in [-0.05, 0) is 86.3 Å². The van der Waals surface area contributed by atoms with Gasteiger partial charge < -0.3 is 19.4 Å². The lowest BCUT2D eigenvalue weighted by Crippen LogP contribution is -2.52. The van der Waals surface area contributed by atoms with Gasteiger partial charge in [0.2, 0.25) is 5.91 Å². The third-order valence-corrected chi connectivity index (χ3v) is 7.96. The Morgan fingerprint density at radius 2 is 2.06 bits per heavy atom. The van der Waals surface area contributed by atoms with Gasteiger partial charge in [-0.2, -0.15) is 0 Å². The first-order valence-electron chi connectivity index (χ1n) is 12.6. The van der Waals surface area contributed by atoms with Crippen LogP contribution >= 0.6 is 11.3 Å². The first-order valence-corrected chi connectivity index (χ1v) is 13.5. The molecule has 1 aliphatic carbocycles. The van der Waals surface area contributed by atoms with Crippen LogP contribution in [-0.4, -0.2) is 78.9 Å². The number of fused-ring (bicyclic) bond motifs is 1. The summed E-state index contributed by atoms with van der Waals surface area (Å²) in [4.78, 5) is 32.2. The number of hydrogen-bond donors (Lipinski definition) is 0. The van der Waals surface area contributed by atoms with Crippen molar-refractivity contribution >= 4 is 23.2 Å². The molecule has 0 N–H and O–H groups in total. The summed E-state index contributed by atoms with van der Waals surface area (Å²) in [7, 11) is 1.73. The highest BCUT2D eigenvalue weighted by atomic mass is 32.1. The number of benzene rings is 1. The van der Waals surface area contributed by atoms with E-state index in [1.807, 2.05) is 22.4 Å². The van der Waals surface area contributed by atoms with Crippen LogP contribution < -0.4 is 4.74 Å². The molecule has 2 aliphatic rings. The summed E-state index contributed by atoms with van der Waals surface area (Å²) in [5, 5.41) is 1.90. The minimum atomic E-state index is -0.0233. The van der Waals surface area contributed by atoms with Crippen molar-refractivity contribution in [2.45, 2.75) is 51.5 Å². The number of hydrogen-bond acceptors (Lipinski definition) is 5. The van der Waals surface area contributed by atoms with E-state index in [1.54, 1.807) is 12.0 Å². The van der Waals surface area contributed by atoms with Crippen molar-refractivity contribution in [2.24, 2.45) is 0 Å². The number of amides is 2. The molecular weight excluding hydrogens is 446 g/mol. The molecule has 1 aromatic heterocycles. The number of piperazine rings is 1. The number of carbonyl (C=O) groups is 2. The summed E-state index contributed by atoms with van der Waals surface area (Å²) in [6, 6.07) is 10.8. The van der Waals surface area contributed by atoms with Gasteiger partial charge >= 0.3 is 0 Å². The van der Waals surface area contributed by atoms with E-state index in [2.05, 4.69) is 30.0 Å². The average molecular weight is 484 g/mol. The topological polar surface area (TPSA) is 53.1 Å². The molecule has 2 heterocycles. The van der Waals surface area contributed by atoms with Crippen LogP contribution in [0.4, 0.5) is 0 Å². The molecule has 1 aliphatic heterocycles. The SMILES string of the molecule is CCCN(CCCCN1CCN(C(=O)c2cccs2)CC1=O)C1CCc2ccc(OC)cc2C1. The molecule has 184 valence electrons. The third-order valence-electron chi connectivity index (χ3n) is 7.10. The Morgan fingerprint density at radius 3 is 2.79 bits per heavy atom. The number of aryl methyl sites for hydroxylation is 1. The fourth-order valence-corrected chi connectivity index (χ4v) is 5.90. The van der Waals surface area contributed by atoms with E-state index in [0.29, 0.717) is 24.0 Å². The molecule has 4 rings (SSSR count). The quantitative estimate of drug-likeness (QED) is 0.478. The van der Waals surface area contributed by atoms with E-state index in [4.69, 9.17) is 4.74 Å². The van der Waals surface area contributed by atoms with Gasteiger partial charge in [-0.3, -0.25) is 9.59 Å². The molecule has 6 nitrogen and oxygen atoms in total. The monoisotopic (exact) mass is 483 g/mol. The van der Waals surface area contributed by atoms with E-state index >= 15 is 0 Å². The number of rotatable bonds is 10. The highest BCUT2D eigenvalue weighted by Gasteiger charge is 2.28. The van der Waals surface area contributed by atoms with Crippen LogP contribution in [0.25, 0.3) is 0 Å². The average Bonchev–Trinajstić information content (AvgIpc) is 3.40. The van der Waals surface area contributed by atoms with Crippen LogP contribution in [0.2, 0.25) is 0 Å². The Morgan fingerprint density at radius 1 is 1.18 bits per heavy atom. The summed E-state index contributed by atoms with van der Waals surface area (Å²) in [6.07, 6.45) is 6.67. The van der Waals surface area contributed by atoms with Crippen LogP contribution in [0.15, 0.2) is 35.7 Å². The normalized spacial score (nSPS) is 18.3. The lowest BCUT2D eigenvalue weighted by atomic mass is 9.87. The molecule has 2 aromatic rings. The Bertz CT molecular complexity index is 962. The van der Waals surface area contributed by atoms with E-state index in [1.165, 1.54) is 28.9 Å². The van der Waals surface area contributed by atoms with Gasteiger partial charge in [-0.1, -0.05) is 19.1 Å². The second-order valence-electron chi connectivity index (χ2n) is 9.36. The molecule has 1 unspecified atom stereocenters. The predicted octanol–water partition coefficient (Wildman–Crippen LogP) is 4.09. The summed E-state index contributed by atoms with van der Waals surface area (Å²) in [6.45, 7) is 6.68. The molecule has 1 saturated heterocycles. The van der Waals surface area contributed by atoms with Crippen molar-refractivity contribution < 1.29 is 14.3 Å². The Labute approximate surface area is 207 Å². The predicted molar refractivity (Wildman–Crippen MR) is 137 cm³/mol. The molecule has 0 bridgehead atoms. The molecule has 34 heavy (non-hydrogen) atoms. The van der Waals surface area contributed by atoms with Crippen LogP contribution in [0, 0.1) is 0 Å². The zero-order valence-corrected chi connectivity index (χ0v) is 21.3. The highest BCUT2D eigenvalue weighted by Crippen LogP contribution is 2.28. The lowest BCUT2D eigenvalue weighted by Gasteiger charge is -2.36. The third kappa shape index (κ3) is 5.99. The summed E-state index contributed by atoms with van der Waals surface area (Å²) >= 11 is 1.43. The maximum atomic E-state index is 12.6. The van der Waals surface area contributed by atoms with E-state index in [-0.39, 0.29) is 18.4 Å². The van der Waals surface area contributed by atoms with E-state index in [0.717, 1.165) is 57.5 Å². The van der Waals surface area contributed by atoms with Gasteiger partial charge in [0.15, 0.2) is 0 Å². The largest absolute Gasteiger partial charge is 0.497 e. The molecule has 1 aromatic carbocycles. The maximum Gasteiger partial charge on any atom is 0.264 e. The fourth-order valence-electron chi connectivity index (χ4n) is 5.21. The van der Waals surface area contributed by atoms with Crippen LogP contribution in [-0.2, 0) is 17.6 Å². The molecule has 7 heteroatoms. The summed E-state index contributed by atoms with van der Waals surface area (Å²) in [5.41, 5.74) is 2.89. The van der Waals surface area contributed by atoms with Crippen molar-refractivity contribution in [3.8, 4) is 5.75 Å². The smallest absolute Gasteiger partial charge is 0.264 e. The van der Waals surface area contributed by atoms with Crippen LogP contribution in [0.3, 0.4) is 0 Å². The highest BCUT2D eigenvalue weighted by molar-refractivity contribution is 7.12. The van der Waals surface area contributed by atoms with Crippen LogP contribution in [0.5, 0.6) is 5.75 Å². The molecular formula is C27H37N3O3S. The minimum absolute atomic E-state index is 0.0233. The zero-order chi connectivity index (χ0) is 23.9. The van der Waals surface area contributed by atoms with Crippen molar-refractivity contribution in [3.63, 3.8) is 0 Å². The second-order valence-corrected chi connectivity index (χ2v) is 10.3. The van der Waals surface area contributed by atoms with Gasteiger partial charge in [0, 0.05) is 25.7 Å². The number of methoxy groups -OCH3 is 1.